The standard InChI is InChI=1S/C22H20Br2N4/c1-15(2)20(13-25)28(19-11-7-17(24)8-12-19)22(3,4)21(14-26)27-18-9-5-16(23)6-10-18/h5-12H,1-4H3. The SMILES string of the molecule is CC(C)=C(C#N)N(c1ccc(Br)cc1)C(C)(C)C(C#N)=Nc1ccc(Br)cc1. The Morgan fingerprint density at radius 3 is 1.82 bits per heavy atom. The molecule has 0 N–H and O–H groups in total. The third kappa shape index (κ3) is 4.90. The highest BCUT2D eigenvalue weighted by atomic mass is 79.9. The number of aliphatic imine (C=N–C) groups is 1. The summed E-state index contributed by atoms with van der Waals surface area (Å²) in [6.45, 7) is 7.57. The Morgan fingerprint density at radius 2 is 1.39 bits per heavy atom. The van der Waals surface area contributed by atoms with Crippen molar-refractivity contribution in [2.45, 2.75) is 33.2 Å². The lowest BCUT2D eigenvalue weighted by atomic mass is 9.93. The quantitative estimate of drug-likeness (QED) is 0.331. The zero-order chi connectivity index (χ0) is 20.9. The van der Waals surface area contributed by atoms with Crippen LogP contribution in [0.2, 0.25) is 0 Å². The summed E-state index contributed by atoms with van der Waals surface area (Å²) < 4.78 is 1.88. The fourth-order valence-electron chi connectivity index (χ4n) is 2.76. The second-order valence-corrected chi connectivity index (χ2v) is 8.71. The maximum Gasteiger partial charge on any atom is 0.143 e. The third-order valence-corrected chi connectivity index (χ3v) is 5.26. The first-order valence-corrected chi connectivity index (χ1v) is 10.2. The number of benzene rings is 2. The summed E-state index contributed by atoms with van der Waals surface area (Å²) in [6, 6.07) is 19.6. The van der Waals surface area contributed by atoms with Gasteiger partial charge in [0.15, 0.2) is 0 Å². The van der Waals surface area contributed by atoms with E-state index in [-0.39, 0.29) is 0 Å². The highest BCUT2D eigenvalue weighted by molar-refractivity contribution is 9.10. The maximum absolute atomic E-state index is 9.89. The maximum atomic E-state index is 9.89. The minimum absolute atomic E-state index is 0.312. The van der Waals surface area contributed by atoms with Crippen molar-refractivity contribution in [1.82, 2.24) is 0 Å². The molecule has 0 saturated heterocycles. The average molecular weight is 500 g/mol. The van der Waals surface area contributed by atoms with Gasteiger partial charge < -0.3 is 4.90 Å². The molecule has 2 rings (SSSR count). The molecule has 0 saturated carbocycles. The van der Waals surface area contributed by atoms with E-state index >= 15 is 0 Å². The lowest BCUT2D eigenvalue weighted by molar-refractivity contribution is 0.652. The molecule has 0 atom stereocenters. The highest BCUT2D eigenvalue weighted by Crippen LogP contribution is 2.33. The molecule has 0 aliphatic rings. The molecule has 2 aromatic carbocycles. The lowest BCUT2D eigenvalue weighted by Crippen LogP contribution is -2.49. The van der Waals surface area contributed by atoms with Gasteiger partial charge >= 0.3 is 0 Å². The summed E-state index contributed by atoms with van der Waals surface area (Å²) in [5.41, 5.74) is 2.30. The van der Waals surface area contributed by atoms with Crippen LogP contribution in [0, 0.1) is 22.7 Å². The number of nitriles is 2. The van der Waals surface area contributed by atoms with Crippen molar-refractivity contribution < 1.29 is 0 Å². The largest absolute Gasteiger partial charge is 0.321 e. The zero-order valence-electron chi connectivity index (χ0n) is 16.2. The third-order valence-electron chi connectivity index (χ3n) is 4.20. The predicted octanol–water partition coefficient (Wildman–Crippen LogP) is 6.91. The van der Waals surface area contributed by atoms with Crippen LogP contribution in [0.4, 0.5) is 11.4 Å². The summed E-state index contributed by atoms with van der Waals surface area (Å²) in [5.74, 6) is 0. The molecule has 0 radical (unpaired) electrons. The van der Waals surface area contributed by atoms with Gasteiger partial charge in [-0.05, 0) is 81.8 Å². The first-order chi connectivity index (χ1) is 13.2. The molecule has 0 aromatic heterocycles. The minimum atomic E-state index is -0.849. The zero-order valence-corrected chi connectivity index (χ0v) is 19.3. The Balaban J connectivity index is 2.66. The van der Waals surface area contributed by atoms with Gasteiger partial charge in [-0.15, -0.1) is 0 Å². The molecule has 4 nitrogen and oxygen atoms in total. The van der Waals surface area contributed by atoms with Gasteiger partial charge in [-0.2, -0.15) is 10.5 Å². The molecule has 0 aliphatic carbocycles. The van der Waals surface area contributed by atoms with Gasteiger partial charge in [0, 0.05) is 14.6 Å². The van der Waals surface area contributed by atoms with Crippen LogP contribution < -0.4 is 4.90 Å². The van der Waals surface area contributed by atoms with Crippen LogP contribution in [0.1, 0.15) is 27.7 Å². The van der Waals surface area contributed by atoms with E-state index in [0.29, 0.717) is 17.1 Å². The molecule has 6 heteroatoms. The van der Waals surface area contributed by atoms with E-state index in [9.17, 15) is 10.5 Å². The Bertz CT molecular complexity index is 985. The minimum Gasteiger partial charge on any atom is -0.321 e. The Kier molecular flexibility index (Phi) is 7.18. The van der Waals surface area contributed by atoms with Gasteiger partial charge in [0.25, 0.3) is 0 Å². The molecular weight excluding hydrogens is 480 g/mol. The number of anilines is 1. The van der Waals surface area contributed by atoms with Crippen molar-refractivity contribution in [3.05, 3.63) is 68.7 Å². The van der Waals surface area contributed by atoms with E-state index < -0.39 is 5.54 Å². The number of nitrogens with zero attached hydrogens (tertiary/aromatic N) is 4. The van der Waals surface area contributed by atoms with Crippen LogP contribution in [-0.4, -0.2) is 11.3 Å². The van der Waals surface area contributed by atoms with Crippen LogP contribution in [0.15, 0.2) is 73.7 Å². The Labute approximate surface area is 183 Å². The number of hydrogen-bond acceptors (Lipinski definition) is 4. The average Bonchev–Trinajstić information content (AvgIpc) is 2.65. The number of allylic oxidation sites excluding steroid dienone is 2. The van der Waals surface area contributed by atoms with Crippen molar-refractivity contribution >= 4 is 48.9 Å². The molecule has 0 spiro atoms. The summed E-state index contributed by atoms with van der Waals surface area (Å²) in [4.78, 5) is 6.45. The summed E-state index contributed by atoms with van der Waals surface area (Å²) >= 11 is 6.85. The van der Waals surface area contributed by atoms with Gasteiger partial charge in [0.1, 0.15) is 23.5 Å². The summed E-state index contributed by atoms with van der Waals surface area (Å²) in [7, 11) is 0. The molecule has 0 fully saturated rings. The second kappa shape index (κ2) is 9.19. The molecule has 142 valence electrons. The van der Waals surface area contributed by atoms with E-state index in [4.69, 9.17) is 0 Å². The predicted molar refractivity (Wildman–Crippen MR) is 122 cm³/mol. The number of rotatable bonds is 5. The smallest absolute Gasteiger partial charge is 0.143 e. The first kappa shape index (κ1) is 21.9. The fourth-order valence-corrected chi connectivity index (χ4v) is 3.28. The summed E-state index contributed by atoms with van der Waals surface area (Å²) in [6.07, 6.45) is 0. The van der Waals surface area contributed by atoms with E-state index in [1.165, 1.54) is 0 Å². The normalized spacial score (nSPS) is 11.4. The van der Waals surface area contributed by atoms with Crippen molar-refractivity contribution in [2.24, 2.45) is 4.99 Å². The van der Waals surface area contributed by atoms with Gasteiger partial charge in [-0.25, -0.2) is 4.99 Å². The first-order valence-electron chi connectivity index (χ1n) is 8.59. The van der Waals surface area contributed by atoms with E-state index in [1.807, 2.05) is 81.1 Å². The van der Waals surface area contributed by atoms with E-state index in [2.05, 4.69) is 49.0 Å². The molecule has 0 aliphatic heterocycles. The van der Waals surface area contributed by atoms with Gasteiger partial charge in [-0.3, -0.25) is 0 Å². The molecule has 0 amide bonds. The highest BCUT2D eigenvalue weighted by Gasteiger charge is 2.36. The van der Waals surface area contributed by atoms with E-state index in [1.54, 1.807) is 0 Å². The van der Waals surface area contributed by atoms with Crippen LogP contribution in [0.3, 0.4) is 0 Å². The second-order valence-electron chi connectivity index (χ2n) is 6.88. The fraction of sp³-hybridized carbons (Fsp3) is 0.227. The molecule has 0 unspecified atom stereocenters. The lowest BCUT2D eigenvalue weighted by Gasteiger charge is -2.39. The number of hydrogen-bond donors (Lipinski definition) is 0. The molecule has 28 heavy (non-hydrogen) atoms. The monoisotopic (exact) mass is 498 g/mol. The van der Waals surface area contributed by atoms with Crippen LogP contribution in [0.5, 0.6) is 0 Å². The van der Waals surface area contributed by atoms with Crippen LogP contribution >= 0.6 is 31.9 Å². The van der Waals surface area contributed by atoms with Crippen molar-refractivity contribution in [1.29, 1.82) is 10.5 Å². The summed E-state index contributed by atoms with van der Waals surface area (Å²) in [5, 5.41) is 19.7. The molecule has 2 aromatic rings. The molecule has 0 heterocycles. The molecule has 0 bridgehead atoms. The Morgan fingerprint density at radius 1 is 0.893 bits per heavy atom. The van der Waals surface area contributed by atoms with Crippen molar-refractivity contribution in [3.63, 3.8) is 0 Å². The van der Waals surface area contributed by atoms with Crippen LogP contribution in [-0.2, 0) is 0 Å². The molecular formula is C22H20Br2N4. The van der Waals surface area contributed by atoms with Crippen molar-refractivity contribution in [2.75, 3.05) is 4.90 Å². The Hall–Kier alpha value is -2.41. The van der Waals surface area contributed by atoms with Gasteiger partial charge in [-0.1, -0.05) is 31.9 Å². The topological polar surface area (TPSA) is 63.2 Å². The van der Waals surface area contributed by atoms with Gasteiger partial charge in [0.2, 0.25) is 0 Å². The van der Waals surface area contributed by atoms with Crippen molar-refractivity contribution in [3.8, 4) is 12.1 Å². The van der Waals surface area contributed by atoms with Crippen LogP contribution in [0.25, 0.3) is 0 Å². The van der Waals surface area contributed by atoms with Gasteiger partial charge in [0.05, 0.1) is 11.2 Å². The van der Waals surface area contributed by atoms with E-state index in [0.717, 1.165) is 20.2 Å². The number of halogens is 2.